The van der Waals surface area contributed by atoms with Crippen LogP contribution in [0.4, 0.5) is 5.13 Å². The molecule has 0 radical (unpaired) electrons. The lowest BCUT2D eigenvalue weighted by molar-refractivity contribution is 0.308. The average molecular weight is 211 g/mol. The zero-order chi connectivity index (χ0) is 9.97. The molecular formula is C10H17N3S. The van der Waals surface area contributed by atoms with Gasteiger partial charge in [0.2, 0.25) is 0 Å². The van der Waals surface area contributed by atoms with Crippen LogP contribution in [0.5, 0.6) is 0 Å². The minimum atomic E-state index is 0.632. The number of anilines is 1. The van der Waals surface area contributed by atoms with Gasteiger partial charge in [-0.3, -0.25) is 0 Å². The topological polar surface area (TPSA) is 42.2 Å². The summed E-state index contributed by atoms with van der Waals surface area (Å²) in [4.78, 5) is 6.70. The molecule has 1 fully saturated rings. The van der Waals surface area contributed by atoms with Crippen LogP contribution < -0.4 is 10.6 Å². The van der Waals surface area contributed by atoms with Crippen molar-refractivity contribution in [1.29, 1.82) is 0 Å². The fourth-order valence-corrected chi connectivity index (χ4v) is 2.68. The molecule has 0 spiro atoms. The van der Waals surface area contributed by atoms with Crippen LogP contribution in [0.2, 0.25) is 0 Å². The Morgan fingerprint density at radius 3 is 3.21 bits per heavy atom. The molecule has 1 aromatic rings. The quantitative estimate of drug-likeness (QED) is 0.807. The predicted molar refractivity (Wildman–Crippen MR) is 60.7 cm³/mol. The van der Waals surface area contributed by atoms with E-state index in [0.29, 0.717) is 5.92 Å². The molecule has 1 aliphatic heterocycles. The highest BCUT2D eigenvalue weighted by molar-refractivity contribution is 7.13. The summed E-state index contributed by atoms with van der Waals surface area (Å²) in [6.07, 6.45) is 3.11. The Morgan fingerprint density at radius 1 is 1.71 bits per heavy atom. The summed E-state index contributed by atoms with van der Waals surface area (Å²) < 4.78 is 0. The summed E-state index contributed by atoms with van der Waals surface area (Å²) in [7, 11) is 0. The largest absolute Gasteiger partial charge is 0.348 e. The smallest absolute Gasteiger partial charge is 0.185 e. The molecule has 0 aliphatic carbocycles. The van der Waals surface area contributed by atoms with Crippen LogP contribution in [0, 0.1) is 11.8 Å². The van der Waals surface area contributed by atoms with Crippen LogP contribution in [-0.4, -0.2) is 24.6 Å². The SMILES string of the molecule is CC1CCN(c2nccs2)CC1CN. The Labute approximate surface area is 88.9 Å². The van der Waals surface area contributed by atoms with Crippen molar-refractivity contribution in [3.05, 3.63) is 11.6 Å². The van der Waals surface area contributed by atoms with Crippen molar-refractivity contribution < 1.29 is 0 Å². The van der Waals surface area contributed by atoms with E-state index in [1.807, 2.05) is 11.6 Å². The number of rotatable bonds is 2. The molecule has 3 nitrogen and oxygen atoms in total. The van der Waals surface area contributed by atoms with E-state index in [0.717, 1.165) is 30.7 Å². The van der Waals surface area contributed by atoms with Gasteiger partial charge in [0.15, 0.2) is 5.13 Å². The van der Waals surface area contributed by atoms with Gasteiger partial charge >= 0.3 is 0 Å². The van der Waals surface area contributed by atoms with Gasteiger partial charge in [-0.05, 0) is 24.8 Å². The number of nitrogens with two attached hydrogens (primary N) is 1. The first-order valence-electron chi connectivity index (χ1n) is 5.15. The van der Waals surface area contributed by atoms with Crippen molar-refractivity contribution in [3.63, 3.8) is 0 Å². The number of thiazole rings is 1. The van der Waals surface area contributed by atoms with Gasteiger partial charge in [0.25, 0.3) is 0 Å². The molecule has 14 heavy (non-hydrogen) atoms. The molecule has 1 aromatic heterocycles. The first-order chi connectivity index (χ1) is 6.81. The van der Waals surface area contributed by atoms with Crippen molar-refractivity contribution in [3.8, 4) is 0 Å². The second kappa shape index (κ2) is 4.28. The molecule has 1 aliphatic rings. The molecule has 1 saturated heterocycles. The zero-order valence-corrected chi connectivity index (χ0v) is 9.33. The van der Waals surface area contributed by atoms with Crippen LogP contribution in [0.1, 0.15) is 13.3 Å². The monoisotopic (exact) mass is 211 g/mol. The molecular weight excluding hydrogens is 194 g/mol. The summed E-state index contributed by atoms with van der Waals surface area (Å²) >= 11 is 1.72. The Morgan fingerprint density at radius 2 is 2.57 bits per heavy atom. The minimum absolute atomic E-state index is 0.632. The third-order valence-corrected chi connectivity index (χ3v) is 3.94. The van der Waals surface area contributed by atoms with Gasteiger partial charge in [-0.25, -0.2) is 4.98 Å². The maximum Gasteiger partial charge on any atom is 0.185 e. The van der Waals surface area contributed by atoms with Crippen molar-refractivity contribution in [2.75, 3.05) is 24.5 Å². The van der Waals surface area contributed by atoms with Crippen LogP contribution in [-0.2, 0) is 0 Å². The van der Waals surface area contributed by atoms with Gasteiger partial charge in [0.1, 0.15) is 0 Å². The van der Waals surface area contributed by atoms with E-state index in [9.17, 15) is 0 Å². The van der Waals surface area contributed by atoms with Gasteiger partial charge in [-0.1, -0.05) is 6.92 Å². The molecule has 2 rings (SSSR count). The van der Waals surface area contributed by atoms with E-state index in [2.05, 4.69) is 16.8 Å². The van der Waals surface area contributed by atoms with E-state index < -0.39 is 0 Å². The van der Waals surface area contributed by atoms with E-state index in [1.54, 1.807) is 11.3 Å². The molecule has 0 amide bonds. The highest BCUT2D eigenvalue weighted by Gasteiger charge is 2.25. The second-order valence-electron chi connectivity index (χ2n) is 4.02. The zero-order valence-electron chi connectivity index (χ0n) is 8.52. The first kappa shape index (κ1) is 9.93. The summed E-state index contributed by atoms with van der Waals surface area (Å²) in [6, 6.07) is 0. The molecule has 2 heterocycles. The van der Waals surface area contributed by atoms with Crippen molar-refractivity contribution in [1.82, 2.24) is 4.98 Å². The normalized spacial score (nSPS) is 28.0. The number of hydrogen-bond acceptors (Lipinski definition) is 4. The van der Waals surface area contributed by atoms with Gasteiger partial charge in [0.05, 0.1) is 0 Å². The van der Waals surface area contributed by atoms with Gasteiger partial charge in [0, 0.05) is 24.7 Å². The first-order valence-corrected chi connectivity index (χ1v) is 6.03. The Kier molecular flexibility index (Phi) is 3.03. The highest BCUT2D eigenvalue weighted by Crippen LogP contribution is 2.27. The minimum Gasteiger partial charge on any atom is -0.348 e. The number of hydrogen-bond donors (Lipinski definition) is 1. The van der Waals surface area contributed by atoms with Gasteiger partial charge in [-0.2, -0.15) is 0 Å². The van der Waals surface area contributed by atoms with Crippen LogP contribution in [0.25, 0.3) is 0 Å². The van der Waals surface area contributed by atoms with Crippen LogP contribution in [0.3, 0.4) is 0 Å². The maximum absolute atomic E-state index is 5.77. The third kappa shape index (κ3) is 1.91. The Bertz CT molecular complexity index is 273. The fourth-order valence-electron chi connectivity index (χ4n) is 2.00. The standard InChI is InChI=1S/C10H17N3S/c1-8-2-4-13(7-9(8)6-11)10-12-3-5-14-10/h3,5,8-9H,2,4,6-7,11H2,1H3. The summed E-state index contributed by atoms with van der Waals surface area (Å²) in [5, 5.41) is 3.18. The molecule has 4 heteroatoms. The van der Waals surface area contributed by atoms with Crippen LogP contribution >= 0.6 is 11.3 Å². The summed E-state index contributed by atoms with van der Waals surface area (Å²) in [5.41, 5.74) is 5.77. The summed E-state index contributed by atoms with van der Waals surface area (Å²) in [6.45, 7) is 5.30. The van der Waals surface area contributed by atoms with E-state index in [4.69, 9.17) is 5.73 Å². The lowest BCUT2D eigenvalue weighted by Gasteiger charge is -2.36. The van der Waals surface area contributed by atoms with Crippen molar-refractivity contribution in [2.45, 2.75) is 13.3 Å². The molecule has 0 aromatic carbocycles. The predicted octanol–water partition coefficient (Wildman–Crippen LogP) is 1.56. The molecule has 0 bridgehead atoms. The highest BCUT2D eigenvalue weighted by atomic mass is 32.1. The van der Waals surface area contributed by atoms with E-state index >= 15 is 0 Å². The lowest BCUT2D eigenvalue weighted by Crippen LogP contribution is -2.42. The number of nitrogens with zero attached hydrogens (tertiary/aromatic N) is 2. The maximum atomic E-state index is 5.77. The fraction of sp³-hybridized carbons (Fsp3) is 0.700. The Hall–Kier alpha value is -0.610. The molecule has 2 atom stereocenters. The number of piperidine rings is 1. The average Bonchev–Trinajstić information content (AvgIpc) is 2.71. The molecule has 0 saturated carbocycles. The molecule has 78 valence electrons. The van der Waals surface area contributed by atoms with Gasteiger partial charge in [-0.15, -0.1) is 11.3 Å². The summed E-state index contributed by atoms with van der Waals surface area (Å²) in [5.74, 6) is 1.39. The van der Waals surface area contributed by atoms with Crippen LogP contribution in [0.15, 0.2) is 11.6 Å². The van der Waals surface area contributed by atoms with E-state index in [1.165, 1.54) is 6.42 Å². The third-order valence-electron chi connectivity index (χ3n) is 3.11. The lowest BCUT2D eigenvalue weighted by atomic mass is 9.87. The van der Waals surface area contributed by atoms with Gasteiger partial charge < -0.3 is 10.6 Å². The van der Waals surface area contributed by atoms with Crippen molar-refractivity contribution >= 4 is 16.5 Å². The van der Waals surface area contributed by atoms with E-state index in [-0.39, 0.29) is 0 Å². The second-order valence-corrected chi connectivity index (χ2v) is 4.90. The number of aromatic nitrogens is 1. The molecule has 2 N–H and O–H groups in total. The molecule has 2 unspecified atom stereocenters. The Balaban J connectivity index is 2.03. The van der Waals surface area contributed by atoms with Crippen molar-refractivity contribution in [2.24, 2.45) is 17.6 Å².